The third kappa shape index (κ3) is 5.80. The van der Waals surface area contributed by atoms with Gasteiger partial charge in [0, 0.05) is 12.7 Å². The highest BCUT2D eigenvalue weighted by molar-refractivity contribution is 6.74. The van der Waals surface area contributed by atoms with Gasteiger partial charge in [-0.3, -0.25) is 0 Å². The molecule has 0 aliphatic heterocycles. The largest absolute Gasteiger partial charge is 0.466 e. The zero-order valence-corrected chi connectivity index (χ0v) is 13.3. The predicted octanol–water partition coefficient (Wildman–Crippen LogP) is 2.49. The van der Waals surface area contributed by atoms with Crippen molar-refractivity contribution < 1.29 is 19.1 Å². The summed E-state index contributed by atoms with van der Waals surface area (Å²) in [5, 5.41) is 9.14. The Morgan fingerprint density at radius 1 is 1.39 bits per heavy atom. The molecule has 106 valence electrons. The summed E-state index contributed by atoms with van der Waals surface area (Å²) in [4.78, 5) is 11.1. The standard InChI is InChI=1S/C13H26O4Si/c1-13(2,3)18(5,6)17-11(9-10-14)7-8-12(15)16-4/h7-8,11,14H,9-10H2,1-6H3/b8-7+/t11-/m1/s1. The molecule has 0 aliphatic rings. The van der Waals surface area contributed by atoms with Gasteiger partial charge in [0.25, 0.3) is 0 Å². The molecular weight excluding hydrogens is 248 g/mol. The number of hydrogen-bond donors (Lipinski definition) is 1. The van der Waals surface area contributed by atoms with Crippen LogP contribution in [0.2, 0.25) is 18.1 Å². The van der Waals surface area contributed by atoms with Gasteiger partial charge in [0.05, 0.1) is 13.2 Å². The van der Waals surface area contributed by atoms with Gasteiger partial charge in [-0.2, -0.15) is 0 Å². The van der Waals surface area contributed by atoms with Crippen LogP contribution in [-0.2, 0) is 14.0 Å². The molecule has 1 atom stereocenters. The Kier molecular flexibility index (Phi) is 6.81. The average Bonchev–Trinajstić information content (AvgIpc) is 2.23. The zero-order valence-electron chi connectivity index (χ0n) is 12.3. The fourth-order valence-electron chi connectivity index (χ4n) is 1.13. The van der Waals surface area contributed by atoms with E-state index in [-0.39, 0.29) is 17.7 Å². The molecule has 0 aromatic carbocycles. The van der Waals surface area contributed by atoms with E-state index in [0.29, 0.717) is 6.42 Å². The highest BCUT2D eigenvalue weighted by Gasteiger charge is 2.38. The van der Waals surface area contributed by atoms with Gasteiger partial charge < -0.3 is 14.3 Å². The molecule has 0 saturated heterocycles. The summed E-state index contributed by atoms with van der Waals surface area (Å²) in [6.07, 6.45) is 3.27. The summed E-state index contributed by atoms with van der Waals surface area (Å²) >= 11 is 0. The van der Waals surface area contributed by atoms with Crippen LogP contribution in [0.5, 0.6) is 0 Å². The normalized spacial score (nSPS) is 14.8. The number of carbonyl (C=O) groups is 1. The first-order valence-corrected chi connectivity index (χ1v) is 9.09. The molecule has 0 aromatic heterocycles. The molecule has 0 rings (SSSR count). The van der Waals surface area contributed by atoms with E-state index in [0.717, 1.165) is 0 Å². The van der Waals surface area contributed by atoms with Crippen LogP contribution in [-0.4, -0.2) is 39.2 Å². The minimum Gasteiger partial charge on any atom is -0.466 e. The van der Waals surface area contributed by atoms with Crippen molar-refractivity contribution in [3.05, 3.63) is 12.2 Å². The molecule has 0 fully saturated rings. The van der Waals surface area contributed by atoms with Crippen molar-refractivity contribution >= 4 is 14.3 Å². The molecule has 18 heavy (non-hydrogen) atoms. The highest BCUT2D eigenvalue weighted by atomic mass is 28.4. The Labute approximate surface area is 111 Å². The molecule has 0 aromatic rings. The van der Waals surface area contributed by atoms with E-state index >= 15 is 0 Å². The fourth-order valence-corrected chi connectivity index (χ4v) is 2.44. The smallest absolute Gasteiger partial charge is 0.330 e. The van der Waals surface area contributed by atoms with E-state index in [9.17, 15) is 4.79 Å². The minimum absolute atomic E-state index is 0.0325. The summed E-state index contributed by atoms with van der Waals surface area (Å²) in [7, 11) is -0.566. The molecule has 0 unspecified atom stereocenters. The number of rotatable bonds is 6. The average molecular weight is 274 g/mol. The Hall–Kier alpha value is -0.653. The lowest BCUT2D eigenvalue weighted by Gasteiger charge is -2.38. The van der Waals surface area contributed by atoms with E-state index in [1.807, 2.05) is 0 Å². The number of methoxy groups -OCH3 is 1. The van der Waals surface area contributed by atoms with Gasteiger partial charge in [-0.15, -0.1) is 0 Å². The number of ether oxygens (including phenoxy) is 1. The van der Waals surface area contributed by atoms with Gasteiger partial charge in [0.1, 0.15) is 0 Å². The molecule has 0 saturated carbocycles. The van der Waals surface area contributed by atoms with Crippen molar-refractivity contribution in [2.24, 2.45) is 0 Å². The second kappa shape index (κ2) is 7.06. The van der Waals surface area contributed by atoms with Gasteiger partial charge in [0.15, 0.2) is 8.32 Å². The van der Waals surface area contributed by atoms with Gasteiger partial charge in [-0.25, -0.2) is 4.79 Å². The number of aliphatic hydroxyl groups is 1. The minimum atomic E-state index is -1.90. The topological polar surface area (TPSA) is 55.8 Å². The Bertz CT molecular complexity index is 292. The third-order valence-electron chi connectivity index (χ3n) is 3.31. The van der Waals surface area contributed by atoms with Crippen molar-refractivity contribution in [3.8, 4) is 0 Å². The first kappa shape index (κ1) is 17.3. The Balaban J connectivity index is 4.73. The quantitative estimate of drug-likeness (QED) is 0.459. The molecule has 4 nitrogen and oxygen atoms in total. The maximum Gasteiger partial charge on any atom is 0.330 e. The second-order valence-corrected chi connectivity index (χ2v) is 10.6. The van der Waals surface area contributed by atoms with E-state index in [4.69, 9.17) is 9.53 Å². The van der Waals surface area contributed by atoms with Crippen molar-refractivity contribution in [3.63, 3.8) is 0 Å². The van der Waals surface area contributed by atoms with Crippen molar-refractivity contribution in [1.29, 1.82) is 0 Å². The van der Waals surface area contributed by atoms with Gasteiger partial charge in [0.2, 0.25) is 0 Å². The predicted molar refractivity (Wildman–Crippen MR) is 74.9 cm³/mol. The molecule has 0 spiro atoms. The first-order valence-electron chi connectivity index (χ1n) is 6.19. The van der Waals surface area contributed by atoms with Crippen LogP contribution in [0.15, 0.2) is 12.2 Å². The lowest BCUT2D eigenvalue weighted by molar-refractivity contribution is -0.134. The molecule has 0 amide bonds. The summed E-state index contributed by atoms with van der Waals surface area (Å²) < 4.78 is 10.7. The van der Waals surface area contributed by atoms with Crippen LogP contribution >= 0.6 is 0 Å². The molecular formula is C13H26O4Si. The SMILES string of the molecule is COC(=O)/C=C/[C@H](CCO)O[Si](C)(C)C(C)(C)C. The monoisotopic (exact) mass is 274 g/mol. The van der Waals surface area contributed by atoms with Crippen LogP contribution in [0.1, 0.15) is 27.2 Å². The third-order valence-corrected chi connectivity index (χ3v) is 7.82. The van der Waals surface area contributed by atoms with Crippen LogP contribution in [0.3, 0.4) is 0 Å². The summed E-state index contributed by atoms with van der Waals surface area (Å²) in [5.74, 6) is -0.406. The highest BCUT2D eigenvalue weighted by Crippen LogP contribution is 2.37. The van der Waals surface area contributed by atoms with E-state index in [2.05, 4.69) is 38.6 Å². The lowest BCUT2D eigenvalue weighted by atomic mass is 10.2. The molecule has 5 heteroatoms. The molecule has 0 radical (unpaired) electrons. The first-order chi connectivity index (χ1) is 8.14. The number of esters is 1. The maximum absolute atomic E-state index is 11.1. The van der Waals surface area contributed by atoms with E-state index in [1.165, 1.54) is 13.2 Å². The van der Waals surface area contributed by atoms with E-state index < -0.39 is 14.3 Å². The van der Waals surface area contributed by atoms with Crippen molar-refractivity contribution in [1.82, 2.24) is 0 Å². The van der Waals surface area contributed by atoms with Gasteiger partial charge >= 0.3 is 5.97 Å². The maximum atomic E-state index is 11.1. The van der Waals surface area contributed by atoms with Gasteiger partial charge in [-0.05, 0) is 30.6 Å². The second-order valence-electron chi connectivity index (χ2n) is 5.81. The number of carbonyl (C=O) groups excluding carboxylic acids is 1. The van der Waals surface area contributed by atoms with Crippen LogP contribution < -0.4 is 0 Å². The van der Waals surface area contributed by atoms with Crippen LogP contribution in [0.25, 0.3) is 0 Å². The summed E-state index contributed by atoms with van der Waals surface area (Å²) in [6.45, 7) is 10.8. The molecule has 0 heterocycles. The molecule has 0 bridgehead atoms. The number of aliphatic hydroxyl groups excluding tert-OH is 1. The summed E-state index contributed by atoms with van der Waals surface area (Å²) in [5.41, 5.74) is 0. The fraction of sp³-hybridized carbons (Fsp3) is 0.769. The van der Waals surface area contributed by atoms with Gasteiger partial charge in [-0.1, -0.05) is 20.8 Å². The van der Waals surface area contributed by atoms with Crippen LogP contribution in [0, 0.1) is 0 Å². The van der Waals surface area contributed by atoms with Crippen molar-refractivity contribution in [2.45, 2.75) is 51.4 Å². The van der Waals surface area contributed by atoms with Crippen LogP contribution in [0.4, 0.5) is 0 Å². The Morgan fingerprint density at radius 3 is 2.33 bits per heavy atom. The number of hydrogen-bond acceptors (Lipinski definition) is 4. The lowest BCUT2D eigenvalue weighted by Crippen LogP contribution is -2.43. The Morgan fingerprint density at radius 2 is 1.94 bits per heavy atom. The van der Waals surface area contributed by atoms with E-state index in [1.54, 1.807) is 6.08 Å². The molecule has 1 N–H and O–H groups in total. The summed E-state index contributed by atoms with van der Waals surface area (Å²) in [6, 6.07) is 0. The zero-order chi connectivity index (χ0) is 14.4. The van der Waals surface area contributed by atoms with Crippen molar-refractivity contribution in [2.75, 3.05) is 13.7 Å². The molecule has 0 aliphatic carbocycles.